The standard InChI is InChI=1S/C21H27N5O2/c1-5-8-26-14(3)10-21(11-18(26)17-12-25(4)24-23-17)16-9-13(2)6-7-15(16)19(28-21)20(22)27/h5-7,9,12,14,18-19H,1,8,10-11H2,2-4H3,(H2,22,27)/t14-,18-,19?,21?/m0/s1. The zero-order chi connectivity index (χ0) is 20.1. The van der Waals surface area contributed by atoms with Crippen LogP contribution in [-0.4, -0.2) is 38.4 Å². The lowest BCUT2D eigenvalue weighted by Gasteiger charge is -2.48. The number of benzene rings is 1. The van der Waals surface area contributed by atoms with Gasteiger partial charge in [-0.15, -0.1) is 11.7 Å². The van der Waals surface area contributed by atoms with Crippen LogP contribution in [0.2, 0.25) is 0 Å². The number of fused-ring (bicyclic) bond motifs is 2. The second-order valence-electron chi connectivity index (χ2n) is 8.06. The van der Waals surface area contributed by atoms with Gasteiger partial charge in [-0.25, -0.2) is 0 Å². The summed E-state index contributed by atoms with van der Waals surface area (Å²) in [5, 5.41) is 8.51. The predicted octanol–water partition coefficient (Wildman–Crippen LogP) is 2.29. The fourth-order valence-electron chi connectivity index (χ4n) is 4.84. The van der Waals surface area contributed by atoms with Crippen LogP contribution < -0.4 is 5.73 Å². The van der Waals surface area contributed by atoms with E-state index in [9.17, 15) is 4.79 Å². The van der Waals surface area contributed by atoms with Crippen molar-refractivity contribution in [2.75, 3.05) is 6.54 Å². The molecule has 7 nitrogen and oxygen atoms in total. The Morgan fingerprint density at radius 3 is 2.89 bits per heavy atom. The third-order valence-electron chi connectivity index (χ3n) is 6.00. The monoisotopic (exact) mass is 381 g/mol. The maximum atomic E-state index is 12.1. The van der Waals surface area contributed by atoms with E-state index in [-0.39, 0.29) is 12.1 Å². The first kappa shape index (κ1) is 18.8. The molecule has 2 aliphatic rings. The summed E-state index contributed by atoms with van der Waals surface area (Å²) in [5.74, 6) is -0.445. The average molecular weight is 381 g/mol. The maximum Gasteiger partial charge on any atom is 0.251 e. The van der Waals surface area contributed by atoms with Crippen LogP contribution in [0.15, 0.2) is 37.1 Å². The lowest BCUT2D eigenvalue weighted by molar-refractivity contribution is -0.157. The quantitative estimate of drug-likeness (QED) is 0.821. The predicted molar refractivity (Wildman–Crippen MR) is 105 cm³/mol. The molecule has 0 radical (unpaired) electrons. The Morgan fingerprint density at radius 2 is 2.25 bits per heavy atom. The second-order valence-corrected chi connectivity index (χ2v) is 8.06. The summed E-state index contributed by atoms with van der Waals surface area (Å²) in [6, 6.07) is 6.34. The van der Waals surface area contributed by atoms with Crippen molar-refractivity contribution >= 4 is 5.91 Å². The van der Waals surface area contributed by atoms with Crippen LogP contribution in [0.25, 0.3) is 0 Å². The fourth-order valence-corrected chi connectivity index (χ4v) is 4.84. The molecule has 7 heteroatoms. The Kier molecular flexibility index (Phi) is 4.59. The highest BCUT2D eigenvalue weighted by Crippen LogP contribution is 2.54. The van der Waals surface area contributed by atoms with Gasteiger partial charge in [0.1, 0.15) is 0 Å². The highest BCUT2D eigenvalue weighted by molar-refractivity contribution is 5.82. The van der Waals surface area contributed by atoms with Crippen LogP contribution in [-0.2, 0) is 22.2 Å². The van der Waals surface area contributed by atoms with E-state index in [0.717, 1.165) is 35.3 Å². The van der Waals surface area contributed by atoms with Crippen molar-refractivity contribution in [3.63, 3.8) is 0 Å². The van der Waals surface area contributed by atoms with E-state index in [0.29, 0.717) is 6.42 Å². The van der Waals surface area contributed by atoms with Crippen LogP contribution in [0.5, 0.6) is 0 Å². The van der Waals surface area contributed by atoms with Crippen LogP contribution in [0.3, 0.4) is 0 Å². The van der Waals surface area contributed by atoms with E-state index < -0.39 is 17.6 Å². The van der Waals surface area contributed by atoms with Gasteiger partial charge in [0.15, 0.2) is 6.10 Å². The lowest BCUT2D eigenvalue weighted by Crippen LogP contribution is -2.50. The number of hydrogen-bond acceptors (Lipinski definition) is 5. The molecule has 0 saturated carbocycles. The topological polar surface area (TPSA) is 86.3 Å². The van der Waals surface area contributed by atoms with E-state index in [1.54, 1.807) is 4.68 Å². The molecule has 2 N–H and O–H groups in total. The van der Waals surface area contributed by atoms with Gasteiger partial charge >= 0.3 is 0 Å². The first-order valence-corrected chi connectivity index (χ1v) is 9.65. The molecule has 1 amide bonds. The van der Waals surface area contributed by atoms with E-state index >= 15 is 0 Å². The van der Waals surface area contributed by atoms with Crippen molar-refractivity contribution < 1.29 is 9.53 Å². The average Bonchev–Trinajstić information content (AvgIpc) is 3.20. The molecule has 4 rings (SSSR count). The van der Waals surface area contributed by atoms with Gasteiger partial charge in [-0.1, -0.05) is 35.1 Å². The minimum atomic E-state index is -0.712. The Balaban J connectivity index is 1.81. The number of primary amides is 1. The molecule has 2 unspecified atom stereocenters. The van der Waals surface area contributed by atoms with E-state index in [1.807, 2.05) is 31.5 Å². The van der Waals surface area contributed by atoms with E-state index in [1.165, 1.54) is 0 Å². The Morgan fingerprint density at radius 1 is 1.46 bits per heavy atom. The molecule has 1 spiro atoms. The maximum absolute atomic E-state index is 12.1. The zero-order valence-electron chi connectivity index (χ0n) is 16.6. The molecular formula is C21H27N5O2. The molecule has 148 valence electrons. The summed E-state index contributed by atoms with van der Waals surface area (Å²) < 4.78 is 8.17. The number of ether oxygens (including phenoxy) is 1. The van der Waals surface area contributed by atoms with Crippen molar-refractivity contribution in [2.45, 2.75) is 50.5 Å². The summed E-state index contributed by atoms with van der Waals surface area (Å²) >= 11 is 0. The molecule has 1 fully saturated rings. The highest BCUT2D eigenvalue weighted by Gasteiger charge is 2.53. The minimum absolute atomic E-state index is 0.00967. The molecule has 28 heavy (non-hydrogen) atoms. The van der Waals surface area contributed by atoms with Crippen molar-refractivity contribution in [1.29, 1.82) is 0 Å². The summed E-state index contributed by atoms with van der Waals surface area (Å²) in [4.78, 5) is 14.5. The molecule has 1 aromatic carbocycles. The number of amides is 1. The Labute approximate surface area is 165 Å². The molecule has 1 saturated heterocycles. The minimum Gasteiger partial charge on any atom is -0.367 e. The number of piperidine rings is 1. The number of nitrogens with zero attached hydrogens (tertiary/aromatic N) is 4. The van der Waals surface area contributed by atoms with Gasteiger partial charge in [-0.05, 0) is 31.4 Å². The second kappa shape index (κ2) is 6.83. The summed E-state index contributed by atoms with van der Waals surface area (Å²) in [6.07, 6.45) is 4.61. The number of likely N-dealkylation sites (tertiary alicyclic amines) is 1. The summed E-state index contributed by atoms with van der Waals surface area (Å²) in [6.45, 7) is 8.91. The number of hydrogen-bond donors (Lipinski definition) is 1. The summed E-state index contributed by atoms with van der Waals surface area (Å²) in [7, 11) is 1.87. The molecule has 2 aliphatic heterocycles. The lowest BCUT2D eigenvalue weighted by atomic mass is 9.76. The van der Waals surface area contributed by atoms with Gasteiger partial charge in [0.25, 0.3) is 5.91 Å². The smallest absolute Gasteiger partial charge is 0.251 e. The van der Waals surface area contributed by atoms with Crippen molar-refractivity contribution in [2.24, 2.45) is 12.8 Å². The first-order valence-electron chi connectivity index (χ1n) is 9.65. The van der Waals surface area contributed by atoms with Crippen molar-refractivity contribution in [3.8, 4) is 0 Å². The Bertz CT molecular complexity index is 923. The molecule has 0 aliphatic carbocycles. The number of nitrogens with two attached hydrogens (primary N) is 1. The summed E-state index contributed by atoms with van der Waals surface area (Å²) in [5.41, 5.74) is 9.13. The number of carbonyl (C=O) groups is 1. The largest absolute Gasteiger partial charge is 0.367 e. The van der Waals surface area contributed by atoms with E-state index in [4.69, 9.17) is 10.5 Å². The highest BCUT2D eigenvalue weighted by atomic mass is 16.5. The van der Waals surface area contributed by atoms with Crippen LogP contribution >= 0.6 is 0 Å². The van der Waals surface area contributed by atoms with Gasteiger partial charge in [0, 0.05) is 32.3 Å². The molecule has 4 atom stereocenters. The Hall–Kier alpha value is -2.51. The molecule has 0 bridgehead atoms. The van der Waals surface area contributed by atoms with Gasteiger partial charge < -0.3 is 10.5 Å². The molecule has 2 aromatic rings. The van der Waals surface area contributed by atoms with Gasteiger partial charge in [-0.3, -0.25) is 14.4 Å². The van der Waals surface area contributed by atoms with Gasteiger partial charge in [0.05, 0.1) is 17.3 Å². The van der Waals surface area contributed by atoms with Crippen molar-refractivity contribution in [3.05, 3.63) is 59.4 Å². The van der Waals surface area contributed by atoms with Crippen LogP contribution in [0.1, 0.15) is 54.3 Å². The van der Waals surface area contributed by atoms with Crippen LogP contribution in [0, 0.1) is 6.92 Å². The van der Waals surface area contributed by atoms with Gasteiger partial charge in [-0.2, -0.15) is 0 Å². The number of carbonyl (C=O) groups excluding carboxylic acids is 1. The third-order valence-corrected chi connectivity index (χ3v) is 6.00. The number of rotatable bonds is 4. The normalized spacial score (nSPS) is 29.8. The third kappa shape index (κ3) is 2.95. The first-order chi connectivity index (χ1) is 13.3. The van der Waals surface area contributed by atoms with E-state index in [2.05, 4.69) is 41.7 Å². The molecule has 3 heterocycles. The molecule has 1 aromatic heterocycles. The number of aryl methyl sites for hydroxylation is 2. The van der Waals surface area contributed by atoms with Crippen molar-refractivity contribution in [1.82, 2.24) is 19.9 Å². The SMILES string of the molecule is C=CCN1[C@@H](C)CC2(C[C@H]1c1cn(C)nn1)OC(C(N)=O)c1ccc(C)cc12. The van der Waals surface area contributed by atoms with Gasteiger partial charge in [0.2, 0.25) is 0 Å². The number of aromatic nitrogens is 3. The molecular weight excluding hydrogens is 354 g/mol. The zero-order valence-corrected chi connectivity index (χ0v) is 16.6. The fraction of sp³-hybridized carbons (Fsp3) is 0.476. The van der Waals surface area contributed by atoms with Crippen LogP contribution in [0.4, 0.5) is 0 Å².